The van der Waals surface area contributed by atoms with Gasteiger partial charge in [0.15, 0.2) is 0 Å². The van der Waals surface area contributed by atoms with Crippen molar-refractivity contribution in [2.45, 2.75) is 26.8 Å². The summed E-state index contributed by atoms with van der Waals surface area (Å²) in [7, 11) is 0. The summed E-state index contributed by atoms with van der Waals surface area (Å²) in [6.07, 6.45) is 2.78. The molecule has 5 heteroatoms. The van der Waals surface area contributed by atoms with Crippen LogP contribution in [0, 0.1) is 5.92 Å². The number of hydrogen-bond acceptors (Lipinski definition) is 3. The van der Waals surface area contributed by atoms with Gasteiger partial charge < -0.3 is 10.1 Å². The Morgan fingerprint density at radius 3 is 2.52 bits per heavy atom. The Labute approximate surface area is 137 Å². The van der Waals surface area contributed by atoms with Crippen molar-refractivity contribution in [1.82, 2.24) is 10.3 Å². The first kappa shape index (κ1) is 17.0. The maximum atomic E-state index is 5.70. The van der Waals surface area contributed by atoms with Gasteiger partial charge in [0.1, 0.15) is 5.75 Å². The third-order valence-corrected chi connectivity index (χ3v) is 3.44. The van der Waals surface area contributed by atoms with Gasteiger partial charge in [-0.2, -0.15) is 0 Å². The summed E-state index contributed by atoms with van der Waals surface area (Å²) < 4.78 is 5.70. The first-order valence-corrected chi connectivity index (χ1v) is 7.86. The Bertz CT molecular complexity index is 620. The molecule has 2 rings (SSSR count). The monoisotopic (exact) mass is 313 g/mol. The molecule has 2 aromatic rings. The zero-order valence-electron chi connectivity index (χ0n) is 13.8. The molecule has 1 heterocycles. The van der Waals surface area contributed by atoms with Crippen molar-refractivity contribution in [2.75, 3.05) is 6.54 Å². The molecule has 122 valence electrons. The highest BCUT2D eigenvalue weighted by molar-refractivity contribution is 5.92. The van der Waals surface area contributed by atoms with Crippen molar-refractivity contribution >= 4 is 5.84 Å². The molecule has 0 aliphatic carbocycles. The molecular formula is C18H25N4O+. The van der Waals surface area contributed by atoms with Crippen molar-refractivity contribution in [3.05, 3.63) is 53.7 Å². The molecule has 0 bridgehead atoms. The summed E-state index contributed by atoms with van der Waals surface area (Å²) >= 11 is 0. The van der Waals surface area contributed by atoms with Crippen LogP contribution in [0.5, 0.6) is 11.6 Å². The molecule has 5 N–H and O–H groups in total. The van der Waals surface area contributed by atoms with Gasteiger partial charge in [-0.25, -0.2) is 4.98 Å². The lowest BCUT2D eigenvalue weighted by Gasteiger charge is -2.08. The molecule has 0 atom stereocenters. The molecule has 0 aliphatic heterocycles. The number of benzene rings is 1. The number of rotatable bonds is 8. The summed E-state index contributed by atoms with van der Waals surface area (Å²) in [4.78, 5) is 4.18. The van der Waals surface area contributed by atoms with Crippen LogP contribution in [-0.4, -0.2) is 17.4 Å². The van der Waals surface area contributed by atoms with E-state index in [1.165, 1.54) is 12.0 Å². The fourth-order valence-corrected chi connectivity index (χ4v) is 2.03. The highest BCUT2D eigenvalue weighted by Gasteiger charge is 2.04. The van der Waals surface area contributed by atoms with Crippen LogP contribution in [-0.2, 0) is 6.54 Å². The van der Waals surface area contributed by atoms with E-state index in [9.17, 15) is 0 Å². The Balaban J connectivity index is 1.85. The molecule has 0 amide bonds. The van der Waals surface area contributed by atoms with E-state index in [-0.39, 0.29) is 5.84 Å². The standard InChI is InChI=1S/C18H24N4O/c1-13(2)9-10-21-11-14-3-6-16(7-4-14)23-17-8-5-15(12-22-17)18(19)20/h3-8,12-13,21H,9-11H2,1-2H3,(H3,19,20)/p+1. The van der Waals surface area contributed by atoms with E-state index in [0.29, 0.717) is 11.4 Å². The van der Waals surface area contributed by atoms with E-state index in [1.807, 2.05) is 12.1 Å². The number of amidine groups is 1. The van der Waals surface area contributed by atoms with E-state index in [2.05, 4.69) is 36.3 Å². The lowest BCUT2D eigenvalue weighted by molar-refractivity contribution is -0.114. The number of aromatic nitrogens is 1. The van der Waals surface area contributed by atoms with Crippen LogP contribution in [0.2, 0.25) is 0 Å². The van der Waals surface area contributed by atoms with Gasteiger partial charge in [0.05, 0.1) is 5.56 Å². The van der Waals surface area contributed by atoms with Gasteiger partial charge in [0.25, 0.3) is 5.84 Å². The Hall–Kier alpha value is -2.40. The van der Waals surface area contributed by atoms with Crippen molar-refractivity contribution < 1.29 is 10.1 Å². The van der Waals surface area contributed by atoms with Crippen LogP contribution in [0.15, 0.2) is 42.6 Å². The van der Waals surface area contributed by atoms with E-state index in [4.69, 9.17) is 15.9 Å². The first-order valence-electron chi connectivity index (χ1n) is 7.86. The van der Waals surface area contributed by atoms with Gasteiger partial charge in [-0.1, -0.05) is 26.0 Å². The number of pyridine rings is 1. The smallest absolute Gasteiger partial charge is 0.272 e. The van der Waals surface area contributed by atoms with E-state index >= 15 is 0 Å². The number of ether oxygens (including phenoxy) is 1. The van der Waals surface area contributed by atoms with E-state index in [1.54, 1.807) is 18.3 Å². The molecule has 0 saturated heterocycles. The zero-order chi connectivity index (χ0) is 16.7. The summed E-state index contributed by atoms with van der Waals surface area (Å²) in [5.74, 6) is 2.24. The minimum atomic E-state index is 0.248. The number of nitrogens with zero attached hydrogens (tertiary/aromatic N) is 1. The van der Waals surface area contributed by atoms with Crippen molar-refractivity contribution in [1.29, 1.82) is 0 Å². The second-order valence-electron chi connectivity index (χ2n) is 5.95. The van der Waals surface area contributed by atoms with Crippen LogP contribution >= 0.6 is 0 Å². The highest BCUT2D eigenvalue weighted by atomic mass is 16.5. The van der Waals surface area contributed by atoms with Crippen LogP contribution in [0.4, 0.5) is 0 Å². The molecule has 5 nitrogen and oxygen atoms in total. The molecule has 0 spiro atoms. The van der Waals surface area contributed by atoms with Gasteiger partial charge in [0.2, 0.25) is 5.88 Å². The van der Waals surface area contributed by atoms with Gasteiger partial charge in [-0.05, 0) is 42.6 Å². The van der Waals surface area contributed by atoms with Crippen LogP contribution in [0.3, 0.4) is 0 Å². The molecule has 0 unspecified atom stereocenters. The molecule has 1 aromatic carbocycles. The van der Waals surface area contributed by atoms with Gasteiger partial charge in [-0.15, -0.1) is 0 Å². The predicted octanol–water partition coefficient (Wildman–Crippen LogP) is 1.47. The molecule has 0 fully saturated rings. The first-order chi connectivity index (χ1) is 11.0. The SMILES string of the molecule is CC(C)CCNCc1ccc(Oc2ccc(C(N)=[NH2+])cn2)cc1. The predicted molar refractivity (Wildman–Crippen MR) is 92.1 cm³/mol. The Morgan fingerprint density at radius 2 is 1.96 bits per heavy atom. The second-order valence-corrected chi connectivity index (χ2v) is 5.95. The van der Waals surface area contributed by atoms with Crippen molar-refractivity contribution in [2.24, 2.45) is 11.7 Å². The average molecular weight is 313 g/mol. The van der Waals surface area contributed by atoms with Gasteiger partial charge >= 0.3 is 0 Å². The lowest BCUT2D eigenvalue weighted by atomic mass is 10.1. The topological polar surface area (TPSA) is 85.8 Å². The number of nitrogens with one attached hydrogen (secondary N) is 1. The zero-order valence-corrected chi connectivity index (χ0v) is 13.8. The van der Waals surface area contributed by atoms with E-state index in [0.717, 1.165) is 24.8 Å². The fraction of sp³-hybridized carbons (Fsp3) is 0.333. The Morgan fingerprint density at radius 1 is 1.22 bits per heavy atom. The third kappa shape index (κ3) is 5.71. The Kier molecular flexibility index (Phi) is 6.11. The minimum Gasteiger partial charge on any atom is -0.439 e. The van der Waals surface area contributed by atoms with Gasteiger partial charge in [-0.3, -0.25) is 11.1 Å². The lowest BCUT2D eigenvalue weighted by Crippen LogP contribution is -2.46. The number of hydrogen-bond donors (Lipinski definition) is 3. The summed E-state index contributed by atoms with van der Waals surface area (Å²) in [5, 5.41) is 8.95. The summed E-state index contributed by atoms with van der Waals surface area (Å²) in [6, 6.07) is 11.5. The van der Waals surface area contributed by atoms with Crippen molar-refractivity contribution in [3.8, 4) is 11.6 Å². The third-order valence-electron chi connectivity index (χ3n) is 3.44. The fourth-order valence-electron chi connectivity index (χ4n) is 2.03. The molecule has 0 aliphatic rings. The normalized spacial score (nSPS) is 10.7. The van der Waals surface area contributed by atoms with Crippen LogP contribution in [0.1, 0.15) is 31.4 Å². The highest BCUT2D eigenvalue weighted by Crippen LogP contribution is 2.19. The molecule has 1 aromatic heterocycles. The second kappa shape index (κ2) is 8.29. The van der Waals surface area contributed by atoms with Crippen LogP contribution in [0.25, 0.3) is 0 Å². The van der Waals surface area contributed by atoms with Crippen molar-refractivity contribution in [3.63, 3.8) is 0 Å². The largest absolute Gasteiger partial charge is 0.439 e. The van der Waals surface area contributed by atoms with E-state index < -0.39 is 0 Å². The minimum absolute atomic E-state index is 0.248. The average Bonchev–Trinajstić information content (AvgIpc) is 2.53. The molecule has 0 saturated carbocycles. The van der Waals surface area contributed by atoms with Gasteiger partial charge in [0, 0.05) is 18.8 Å². The molecule has 0 radical (unpaired) electrons. The maximum absolute atomic E-state index is 5.70. The molecular weight excluding hydrogens is 288 g/mol. The maximum Gasteiger partial charge on any atom is 0.272 e. The summed E-state index contributed by atoms with van der Waals surface area (Å²) in [6.45, 7) is 6.36. The molecule has 23 heavy (non-hydrogen) atoms. The summed E-state index contributed by atoms with van der Waals surface area (Å²) in [5.41, 5.74) is 7.43. The number of nitrogens with two attached hydrogens (primary N) is 2. The van der Waals surface area contributed by atoms with Crippen LogP contribution < -0.4 is 21.2 Å². The quantitative estimate of drug-likeness (QED) is 0.391.